The molecule has 0 saturated heterocycles. The largest absolute Gasteiger partial charge is 0.481 e. The van der Waals surface area contributed by atoms with Gasteiger partial charge in [-0.2, -0.15) is 0 Å². The zero-order valence-electron chi connectivity index (χ0n) is 9.16. The molecule has 1 aromatic heterocycles. The van der Waals surface area contributed by atoms with E-state index in [-0.39, 0.29) is 0 Å². The van der Waals surface area contributed by atoms with Crippen LogP contribution >= 0.6 is 11.6 Å². The molecule has 4 heteroatoms. The number of aryl methyl sites for hydroxylation is 1. The Labute approximate surface area is 103 Å². The maximum atomic E-state index is 11.2. The van der Waals surface area contributed by atoms with Crippen molar-refractivity contribution in [2.45, 2.75) is 25.2 Å². The van der Waals surface area contributed by atoms with Crippen LogP contribution in [0.25, 0.3) is 10.9 Å². The Morgan fingerprint density at radius 3 is 3.06 bits per heavy atom. The van der Waals surface area contributed by atoms with Crippen molar-refractivity contribution in [3.63, 3.8) is 0 Å². The van der Waals surface area contributed by atoms with E-state index in [1.54, 1.807) is 0 Å². The third-order valence-corrected chi connectivity index (χ3v) is 3.80. The van der Waals surface area contributed by atoms with Gasteiger partial charge in [-0.05, 0) is 30.9 Å². The van der Waals surface area contributed by atoms with Crippen molar-refractivity contribution in [3.05, 3.63) is 34.5 Å². The van der Waals surface area contributed by atoms with Crippen LogP contribution in [-0.2, 0) is 11.2 Å². The van der Waals surface area contributed by atoms with Gasteiger partial charge in [-0.25, -0.2) is 0 Å². The Morgan fingerprint density at radius 1 is 1.47 bits per heavy atom. The van der Waals surface area contributed by atoms with Crippen LogP contribution in [0.2, 0.25) is 5.02 Å². The maximum absolute atomic E-state index is 11.2. The third-order valence-electron chi connectivity index (χ3n) is 3.49. The molecule has 0 bridgehead atoms. The SMILES string of the molecule is O=C(O)C1CCCc2c1[nH]c1c(Cl)cccc21. The second kappa shape index (κ2) is 3.77. The average Bonchev–Trinajstić information content (AvgIpc) is 2.69. The molecule has 1 atom stereocenters. The highest BCUT2D eigenvalue weighted by molar-refractivity contribution is 6.35. The summed E-state index contributed by atoms with van der Waals surface area (Å²) >= 11 is 6.13. The molecule has 0 saturated carbocycles. The van der Waals surface area contributed by atoms with E-state index >= 15 is 0 Å². The molecule has 0 spiro atoms. The van der Waals surface area contributed by atoms with Gasteiger partial charge in [0.25, 0.3) is 0 Å². The van der Waals surface area contributed by atoms with Crippen molar-refractivity contribution in [1.29, 1.82) is 0 Å². The van der Waals surface area contributed by atoms with E-state index < -0.39 is 11.9 Å². The highest BCUT2D eigenvalue weighted by atomic mass is 35.5. The van der Waals surface area contributed by atoms with Crippen LogP contribution in [0.4, 0.5) is 0 Å². The molecule has 0 fully saturated rings. The summed E-state index contributed by atoms with van der Waals surface area (Å²) in [4.78, 5) is 14.4. The number of rotatable bonds is 1. The van der Waals surface area contributed by atoms with Crippen LogP contribution in [0, 0.1) is 0 Å². The smallest absolute Gasteiger partial charge is 0.312 e. The zero-order valence-corrected chi connectivity index (χ0v) is 9.92. The van der Waals surface area contributed by atoms with Gasteiger partial charge >= 0.3 is 5.97 Å². The lowest BCUT2D eigenvalue weighted by atomic mass is 9.87. The molecular weight excluding hydrogens is 238 g/mol. The third kappa shape index (κ3) is 1.53. The highest BCUT2D eigenvalue weighted by Crippen LogP contribution is 2.37. The lowest BCUT2D eigenvalue weighted by molar-refractivity contribution is -0.139. The molecule has 0 amide bonds. The first-order chi connectivity index (χ1) is 8.18. The summed E-state index contributed by atoms with van der Waals surface area (Å²) in [7, 11) is 0. The van der Waals surface area contributed by atoms with Gasteiger partial charge in [-0.15, -0.1) is 0 Å². The number of carbonyl (C=O) groups is 1. The standard InChI is InChI=1S/C13H12ClNO2/c14-10-6-2-4-8-7-3-1-5-9(13(16)17)11(7)15-12(8)10/h2,4,6,9,15H,1,3,5H2,(H,16,17). The predicted octanol–water partition coefficient (Wildman–Crippen LogP) is 3.33. The summed E-state index contributed by atoms with van der Waals surface area (Å²) in [5, 5.41) is 10.9. The number of fused-ring (bicyclic) bond motifs is 3. The molecule has 3 nitrogen and oxygen atoms in total. The summed E-state index contributed by atoms with van der Waals surface area (Å²) < 4.78 is 0. The van der Waals surface area contributed by atoms with Crippen LogP contribution in [0.15, 0.2) is 18.2 Å². The Bertz CT molecular complexity index is 603. The molecule has 2 aromatic rings. The minimum Gasteiger partial charge on any atom is -0.481 e. The molecule has 1 heterocycles. The topological polar surface area (TPSA) is 53.1 Å². The van der Waals surface area contributed by atoms with Gasteiger partial charge in [0.2, 0.25) is 0 Å². The number of nitrogens with one attached hydrogen (secondary N) is 1. The first-order valence-electron chi connectivity index (χ1n) is 5.70. The van der Waals surface area contributed by atoms with E-state index in [1.165, 1.54) is 0 Å². The number of H-pyrrole nitrogens is 1. The predicted molar refractivity (Wildman–Crippen MR) is 66.6 cm³/mol. The number of carboxylic acids is 1. The fraction of sp³-hybridized carbons (Fsp3) is 0.308. The van der Waals surface area contributed by atoms with Gasteiger partial charge < -0.3 is 10.1 Å². The summed E-state index contributed by atoms with van der Waals surface area (Å²) in [6.07, 6.45) is 2.55. The van der Waals surface area contributed by atoms with Crippen molar-refractivity contribution < 1.29 is 9.90 Å². The normalized spacial score (nSPS) is 19.2. The van der Waals surface area contributed by atoms with Crippen LogP contribution in [0.1, 0.15) is 30.0 Å². The Morgan fingerprint density at radius 2 is 2.29 bits per heavy atom. The average molecular weight is 250 g/mol. The van der Waals surface area contributed by atoms with E-state index in [9.17, 15) is 9.90 Å². The van der Waals surface area contributed by atoms with Gasteiger partial charge in [-0.3, -0.25) is 4.79 Å². The van der Waals surface area contributed by atoms with Crippen LogP contribution in [0.3, 0.4) is 0 Å². The quantitative estimate of drug-likeness (QED) is 0.815. The van der Waals surface area contributed by atoms with Crippen LogP contribution in [0.5, 0.6) is 0 Å². The van der Waals surface area contributed by atoms with Crippen LogP contribution < -0.4 is 0 Å². The van der Waals surface area contributed by atoms with Gasteiger partial charge in [0.05, 0.1) is 16.5 Å². The van der Waals surface area contributed by atoms with Crippen LogP contribution in [-0.4, -0.2) is 16.1 Å². The monoisotopic (exact) mass is 249 g/mol. The number of carboxylic acid groups (broad SMARTS) is 1. The number of benzene rings is 1. The number of aromatic nitrogens is 1. The second-order valence-electron chi connectivity index (χ2n) is 4.46. The van der Waals surface area contributed by atoms with E-state index in [0.717, 1.165) is 35.0 Å². The second-order valence-corrected chi connectivity index (χ2v) is 4.87. The number of hydrogen-bond donors (Lipinski definition) is 2. The molecule has 0 aliphatic heterocycles. The van der Waals surface area contributed by atoms with Crippen molar-refractivity contribution in [1.82, 2.24) is 4.98 Å². The van der Waals surface area contributed by atoms with Gasteiger partial charge in [0.15, 0.2) is 0 Å². The summed E-state index contributed by atoms with van der Waals surface area (Å²) in [5.41, 5.74) is 2.83. The molecule has 1 unspecified atom stereocenters. The first-order valence-corrected chi connectivity index (χ1v) is 6.08. The summed E-state index contributed by atoms with van der Waals surface area (Å²) in [6.45, 7) is 0. The molecule has 0 radical (unpaired) electrons. The summed E-state index contributed by atoms with van der Waals surface area (Å²) in [5.74, 6) is -1.17. The molecule has 1 aliphatic rings. The van der Waals surface area contributed by atoms with Gasteiger partial charge in [0, 0.05) is 11.1 Å². The number of aromatic amines is 1. The number of aliphatic carboxylic acids is 1. The summed E-state index contributed by atoms with van der Waals surface area (Å²) in [6, 6.07) is 5.73. The lowest BCUT2D eigenvalue weighted by Crippen LogP contribution is -2.17. The molecular formula is C13H12ClNO2. The maximum Gasteiger partial charge on any atom is 0.312 e. The lowest BCUT2D eigenvalue weighted by Gasteiger charge is -2.18. The Kier molecular flexibility index (Phi) is 2.37. The van der Waals surface area contributed by atoms with E-state index in [4.69, 9.17) is 11.6 Å². The molecule has 3 rings (SSSR count). The van der Waals surface area contributed by atoms with E-state index in [1.807, 2.05) is 18.2 Å². The molecule has 1 aromatic carbocycles. The molecule has 1 aliphatic carbocycles. The number of hydrogen-bond acceptors (Lipinski definition) is 1. The van der Waals surface area contributed by atoms with Gasteiger partial charge in [-0.1, -0.05) is 23.7 Å². The minimum absolute atomic E-state index is 0.415. The molecule has 88 valence electrons. The Balaban J connectivity index is 2.28. The first kappa shape index (κ1) is 10.7. The van der Waals surface area contributed by atoms with Crippen molar-refractivity contribution in [3.8, 4) is 0 Å². The van der Waals surface area contributed by atoms with Gasteiger partial charge in [0.1, 0.15) is 0 Å². The van der Waals surface area contributed by atoms with E-state index in [2.05, 4.69) is 4.98 Å². The fourth-order valence-electron chi connectivity index (χ4n) is 2.70. The van der Waals surface area contributed by atoms with Crippen molar-refractivity contribution in [2.24, 2.45) is 0 Å². The number of para-hydroxylation sites is 1. The molecule has 17 heavy (non-hydrogen) atoms. The van der Waals surface area contributed by atoms with Crippen molar-refractivity contribution in [2.75, 3.05) is 0 Å². The minimum atomic E-state index is -0.756. The highest BCUT2D eigenvalue weighted by Gasteiger charge is 2.29. The molecule has 2 N–H and O–H groups in total. The fourth-order valence-corrected chi connectivity index (χ4v) is 2.92. The number of halogens is 1. The Hall–Kier alpha value is -1.48. The van der Waals surface area contributed by atoms with Crippen molar-refractivity contribution >= 4 is 28.5 Å². The van der Waals surface area contributed by atoms with E-state index in [0.29, 0.717) is 11.4 Å². The zero-order chi connectivity index (χ0) is 12.0.